The molecule has 2 heterocycles. The summed E-state index contributed by atoms with van der Waals surface area (Å²) in [7, 11) is 0. The molecule has 2 unspecified atom stereocenters. The molecule has 11 atom stereocenters. The monoisotopic (exact) mass is 612 g/mol. The van der Waals surface area contributed by atoms with E-state index < -0.39 is 114 Å². The Morgan fingerprint density at radius 1 is 0.767 bits per heavy atom. The Hall–Kier alpha value is -3.26. The van der Waals surface area contributed by atoms with Crippen LogP contribution in [0.1, 0.15) is 5.56 Å². The molecule has 1 aromatic carbocycles. The molecule has 1 aromatic rings. The van der Waals surface area contributed by atoms with E-state index in [1.165, 1.54) is 30.3 Å². The predicted octanol–water partition coefficient (Wildman–Crippen LogP) is -4.40. The number of rotatable bonds is 6. The van der Waals surface area contributed by atoms with Gasteiger partial charge in [0, 0.05) is 0 Å². The van der Waals surface area contributed by atoms with Gasteiger partial charge in [-0.3, -0.25) is 9.59 Å². The lowest BCUT2D eigenvalue weighted by molar-refractivity contribution is -0.261. The van der Waals surface area contributed by atoms with Crippen LogP contribution in [0.5, 0.6) is 5.75 Å². The second kappa shape index (κ2) is 12.4. The number of Topliss-reactive ketones (excluding diaryl/α,β-unsaturated/α-hetero) is 2. The van der Waals surface area contributed by atoms with Crippen molar-refractivity contribution in [3.8, 4) is 5.75 Å². The molecule has 236 valence electrons. The molecule has 1 aliphatic carbocycles. The van der Waals surface area contributed by atoms with Crippen LogP contribution < -0.4 is 0 Å². The highest BCUT2D eigenvalue weighted by Crippen LogP contribution is 2.42. The van der Waals surface area contributed by atoms with E-state index in [0.29, 0.717) is 5.56 Å². The Balaban J connectivity index is 1.92. The van der Waals surface area contributed by atoms with Gasteiger partial charge in [0.15, 0.2) is 0 Å². The first-order valence-corrected chi connectivity index (χ1v) is 13.0. The van der Waals surface area contributed by atoms with Crippen molar-refractivity contribution in [1.82, 2.24) is 0 Å². The van der Waals surface area contributed by atoms with Crippen molar-refractivity contribution < 1.29 is 80.3 Å². The van der Waals surface area contributed by atoms with Crippen molar-refractivity contribution in [3.63, 3.8) is 0 Å². The van der Waals surface area contributed by atoms with E-state index >= 15 is 0 Å². The van der Waals surface area contributed by atoms with E-state index in [1.54, 1.807) is 0 Å². The summed E-state index contributed by atoms with van der Waals surface area (Å²) in [6.45, 7) is -1.99. The second-order valence-corrected chi connectivity index (χ2v) is 10.4. The summed E-state index contributed by atoms with van der Waals surface area (Å²) in [5.41, 5.74) is -5.62. The van der Waals surface area contributed by atoms with Gasteiger partial charge in [0.1, 0.15) is 83.9 Å². The number of benzene rings is 1. The van der Waals surface area contributed by atoms with Gasteiger partial charge in [-0.2, -0.15) is 0 Å². The van der Waals surface area contributed by atoms with Crippen LogP contribution in [0, 0.1) is 0 Å². The summed E-state index contributed by atoms with van der Waals surface area (Å²) >= 11 is 0. The normalized spacial score (nSPS) is 40.3. The second-order valence-electron chi connectivity index (χ2n) is 10.4. The molecule has 0 amide bonds. The molecule has 12 N–H and O–H groups in total. The third-order valence-corrected chi connectivity index (χ3v) is 7.72. The van der Waals surface area contributed by atoms with Gasteiger partial charge in [-0.15, -0.1) is 0 Å². The highest BCUT2D eigenvalue weighted by atomic mass is 16.6. The Morgan fingerprint density at radius 3 is 1.86 bits per heavy atom. The standard InChI is InChI=1S/C27H32O16/c28-7-12-16(32)19(35)21(37)23(42-12)15-18(34)14(11(31)6-3-9-1-4-10(30)5-2-9)24(39)27(41,25(15)40)26-22(38)20(36)17(33)13(8-29)43-26/h1-6,12-13,16-17,19-23,26,28-38,41H,7-8H2/b6-3+,14-11+/t12-,13-,16-,17+,19+,20+,21-,22-,23?,26+,27?/m1/s1. The molecular weight excluding hydrogens is 580 g/mol. The third-order valence-electron chi connectivity index (χ3n) is 7.72. The average Bonchev–Trinajstić information content (AvgIpc) is 2.98. The molecule has 2 fully saturated rings. The smallest absolute Gasteiger partial charge is 0.219 e. The fraction of sp³-hybridized carbons (Fsp3) is 0.481. The summed E-state index contributed by atoms with van der Waals surface area (Å²) in [5.74, 6) is -6.12. The Morgan fingerprint density at radius 2 is 1.30 bits per heavy atom. The number of aliphatic hydroxyl groups excluding tert-OH is 10. The maximum Gasteiger partial charge on any atom is 0.219 e. The first-order valence-electron chi connectivity index (χ1n) is 13.0. The third kappa shape index (κ3) is 5.47. The van der Waals surface area contributed by atoms with Crippen molar-refractivity contribution >= 4 is 17.6 Å². The molecule has 4 rings (SSSR count). The highest BCUT2D eigenvalue weighted by molar-refractivity contribution is 6.28. The minimum absolute atomic E-state index is 0.0879. The Kier molecular flexibility index (Phi) is 9.41. The molecule has 0 radical (unpaired) electrons. The molecule has 16 heteroatoms. The van der Waals surface area contributed by atoms with E-state index in [-0.39, 0.29) is 5.75 Å². The predicted molar refractivity (Wildman–Crippen MR) is 139 cm³/mol. The van der Waals surface area contributed by atoms with Crippen LogP contribution >= 0.6 is 0 Å². The number of ether oxygens (including phenoxy) is 2. The molecular formula is C27H32O16. The fourth-order valence-electron chi connectivity index (χ4n) is 5.24. The van der Waals surface area contributed by atoms with Gasteiger partial charge in [0.05, 0.1) is 18.8 Å². The lowest BCUT2D eigenvalue weighted by Gasteiger charge is -2.48. The number of carbonyl (C=O) groups is 2. The number of hydrogen-bond acceptors (Lipinski definition) is 16. The van der Waals surface area contributed by atoms with Gasteiger partial charge >= 0.3 is 0 Å². The minimum Gasteiger partial charge on any atom is -0.508 e. The van der Waals surface area contributed by atoms with Crippen LogP contribution in [0.15, 0.2) is 53.0 Å². The zero-order valence-corrected chi connectivity index (χ0v) is 22.2. The van der Waals surface area contributed by atoms with E-state index in [2.05, 4.69) is 0 Å². The van der Waals surface area contributed by atoms with E-state index in [0.717, 1.165) is 6.08 Å². The summed E-state index contributed by atoms with van der Waals surface area (Å²) in [6.07, 6.45) is -18.7. The summed E-state index contributed by atoms with van der Waals surface area (Å²) in [6, 6.07) is 5.38. The van der Waals surface area contributed by atoms with Crippen LogP contribution in [0.3, 0.4) is 0 Å². The minimum atomic E-state index is -3.63. The maximum absolute atomic E-state index is 13.9. The molecule has 16 nitrogen and oxygen atoms in total. The van der Waals surface area contributed by atoms with Crippen molar-refractivity contribution in [1.29, 1.82) is 0 Å². The van der Waals surface area contributed by atoms with Crippen molar-refractivity contribution in [2.75, 3.05) is 13.2 Å². The van der Waals surface area contributed by atoms with E-state index in [9.17, 15) is 70.9 Å². The largest absolute Gasteiger partial charge is 0.508 e. The van der Waals surface area contributed by atoms with Crippen molar-refractivity contribution in [3.05, 3.63) is 58.6 Å². The number of hydrogen-bond donors (Lipinski definition) is 12. The zero-order chi connectivity index (χ0) is 32.0. The first kappa shape index (κ1) is 32.6. The fourth-order valence-corrected chi connectivity index (χ4v) is 5.24. The topological polar surface area (TPSA) is 295 Å². The average molecular weight is 613 g/mol. The van der Waals surface area contributed by atoms with Crippen LogP contribution in [0.2, 0.25) is 0 Å². The number of phenols is 1. The quantitative estimate of drug-likeness (QED) is 0.0820. The van der Waals surface area contributed by atoms with Gasteiger partial charge in [-0.25, -0.2) is 0 Å². The zero-order valence-electron chi connectivity index (χ0n) is 22.2. The number of phenolic OH excluding ortho intramolecular Hbond substituents is 1. The van der Waals surface area contributed by atoms with Gasteiger partial charge < -0.3 is 70.8 Å². The molecule has 0 spiro atoms. The van der Waals surface area contributed by atoms with Gasteiger partial charge in [0.2, 0.25) is 17.2 Å². The number of aliphatic hydroxyl groups is 11. The van der Waals surface area contributed by atoms with Crippen LogP contribution in [-0.2, 0) is 19.1 Å². The van der Waals surface area contributed by atoms with E-state index in [1.807, 2.05) is 0 Å². The van der Waals surface area contributed by atoms with Crippen LogP contribution in [0.4, 0.5) is 0 Å². The molecule has 43 heavy (non-hydrogen) atoms. The maximum atomic E-state index is 13.9. The molecule has 2 aliphatic heterocycles. The molecule has 0 bridgehead atoms. The summed E-state index contributed by atoms with van der Waals surface area (Å²) < 4.78 is 10.6. The van der Waals surface area contributed by atoms with Gasteiger partial charge in [-0.05, 0) is 23.8 Å². The molecule has 3 aliphatic rings. The highest BCUT2D eigenvalue weighted by Gasteiger charge is 2.65. The molecule has 0 aromatic heterocycles. The number of allylic oxidation sites excluding steroid dienone is 2. The SMILES string of the molecule is O=C1C(C2O[C@H](CO)[C@@H](O)[C@H](O)[C@H]2O)=C(O)/C(=C(O)/C=C/c2ccc(O)cc2)C(=O)C1(O)[C@H]1O[C@H](CO)[C@H](O)[C@H](O)[C@H]1O. The first-order chi connectivity index (χ1) is 20.2. The lowest BCUT2D eigenvalue weighted by Crippen LogP contribution is -2.72. The lowest BCUT2D eigenvalue weighted by atomic mass is 9.69. The number of ketones is 2. The van der Waals surface area contributed by atoms with E-state index in [4.69, 9.17) is 9.47 Å². The summed E-state index contributed by atoms with van der Waals surface area (Å²) in [4.78, 5) is 27.6. The Bertz CT molecular complexity index is 1320. The van der Waals surface area contributed by atoms with Gasteiger partial charge in [0.25, 0.3) is 0 Å². The van der Waals surface area contributed by atoms with Crippen molar-refractivity contribution in [2.24, 2.45) is 0 Å². The Labute approximate surface area is 242 Å². The van der Waals surface area contributed by atoms with Crippen molar-refractivity contribution in [2.45, 2.75) is 66.6 Å². The molecule has 2 saturated heterocycles. The van der Waals surface area contributed by atoms with Crippen LogP contribution in [0.25, 0.3) is 6.08 Å². The van der Waals surface area contributed by atoms with Crippen LogP contribution in [-0.4, -0.2) is 153 Å². The molecule has 0 saturated carbocycles. The van der Waals surface area contributed by atoms with Gasteiger partial charge in [-0.1, -0.05) is 18.2 Å². The summed E-state index contributed by atoms with van der Waals surface area (Å²) in [5, 5.41) is 125. The number of carbonyl (C=O) groups excluding carboxylic acids is 2. The number of aromatic hydroxyl groups is 1.